The number of carbonyl (C=O) groups is 2. The maximum Gasteiger partial charge on any atom is 0.325 e. The van der Waals surface area contributed by atoms with Crippen molar-refractivity contribution >= 4 is 11.9 Å². The van der Waals surface area contributed by atoms with Crippen molar-refractivity contribution in [2.45, 2.75) is 45.7 Å². The van der Waals surface area contributed by atoms with Crippen molar-refractivity contribution in [3.05, 3.63) is 35.7 Å². The van der Waals surface area contributed by atoms with E-state index >= 15 is 0 Å². The van der Waals surface area contributed by atoms with Crippen molar-refractivity contribution in [2.24, 2.45) is 0 Å². The van der Waals surface area contributed by atoms with E-state index in [-0.39, 0.29) is 18.3 Å². The molecule has 1 aliphatic heterocycles. The van der Waals surface area contributed by atoms with E-state index in [2.05, 4.69) is 15.5 Å². The number of benzene rings is 1. The van der Waals surface area contributed by atoms with Crippen LogP contribution in [0.15, 0.2) is 28.7 Å². The van der Waals surface area contributed by atoms with Crippen LogP contribution in [0.2, 0.25) is 0 Å². The second-order valence-electron chi connectivity index (χ2n) is 5.98. The fraction of sp³-hybridized carbons (Fsp3) is 0.412. The summed E-state index contributed by atoms with van der Waals surface area (Å²) in [5, 5.41) is 10.7. The predicted octanol–water partition coefficient (Wildman–Crippen LogP) is 2.66. The highest BCUT2D eigenvalue weighted by Crippen LogP contribution is 2.26. The first-order valence-corrected chi connectivity index (χ1v) is 8.02. The smallest absolute Gasteiger partial charge is 0.325 e. The quantitative estimate of drug-likeness (QED) is 0.852. The van der Waals surface area contributed by atoms with Crippen LogP contribution in [0.4, 0.5) is 4.79 Å². The molecule has 1 aliphatic rings. The van der Waals surface area contributed by atoms with E-state index in [1.807, 2.05) is 45.0 Å². The summed E-state index contributed by atoms with van der Waals surface area (Å²) in [5.74, 6) is 0.360. The van der Waals surface area contributed by atoms with Gasteiger partial charge in [-0.1, -0.05) is 31.5 Å². The number of nitrogens with zero attached hydrogens (tertiary/aromatic N) is 3. The summed E-state index contributed by atoms with van der Waals surface area (Å²) in [7, 11) is 0. The maximum atomic E-state index is 12.6. The van der Waals surface area contributed by atoms with Gasteiger partial charge < -0.3 is 9.73 Å². The van der Waals surface area contributed by atoms with E-state index in [1.54, 1.807) is 0 Å². The molecule has 0 spiro atoms. The van der Waals surface area contributed by atoms with Gasteiger partial charge in [0.25, 0.3) is 5.91 Å². The van der Waals surface area contributed by atoms with E-state index in [0.717, 1.165) is 16.0 Å². The molecule has 0 saturated carbocycles. The Balaban J connectivity index is 1.79. The molecular weight excluding hydrogens is 308 g/mol. The molecule has 7 heteroatoms. The van der Waals surface area contributed by atoms with Gasteiger partial charge in [0, 0.05) is 5.56 Å². The van der Waals surface area contributed by atoms with Crippen molar-refractivity contribution in [1.82, 2.24) is 20.4 Å². The summed E-state index contributed by atoms with van der Waals surface area (Å²) in [6, 6.07) is 7.26. The van der Waals surface area contributed by atoms with Crippen LogP contribution in [0.3, 0.4) is 0 Å². The molecule has 1 N–H and O–H groups in total. The van der Waals surface area contributed by atoms with Gasteiger partial charge in [0.2, 0.25) is 11.8 Å². The van der Waals surface area contributed by atoms with Crippen LogP contribution >= 0.6 is 0 Å². The van der Waals surface area contributed by atoms with Gasteiger partial charge in [-0.25, -0.2) is 4.79 Å². The predicted molar refractivity (Wildman–Crippen MR) is 86.9 cm³/mol. The van der Waals surface area contributed by atoms with Gasteiger partial charge in [-0.3, -0.25) is 9.69 Å². The minimum atomic E-state index is -0.823. The first kappa shape index (κ1) is 16.2. The van der Waals surface area contributed by atoms with Crippen molar-refractivity contribution in [3.63, 3.8) is 0 Å². The summed E-state index contributed by atoms with van der Waals surface area (Å²) in [6.45, 7) is 5.74. The van der Waals surface area contributed by atoms with Crippen molar-refractivity contribution < 1.29 is 14.0 Å². The molecule has 2 heterocycles. The third-order valence-electron chi connectivity index (χ3n) is 4.51. The summed E-state index contributed by atoms with van der Waals surface area (Å²) in [4.78, 5) is 25.9. The van der Waals surface area contributed by atoms with Gasteiger partial charge in [0.15, 0.2) is 0 Å². The molecule has 1 saturated heterocycles. The van der Waals surface area contributed by atoms with E-state index in [4.69, 9.17) is 4.42 Å². The Labute approximate surface area is 140 Å². The fourth-order valence-corrected chi connectivity index (χ4v) is 2.81. The number of amides is 3. The summed E-state index contributed by atoms with van der Waals surface area (Å²) >= 11 is 0. The fourth-order valence-electron chi connectivity index (χ4n) is 2.81. The summed E-state index contributed by atoms with van der Waals surface area (Å²) < 4.78 is 5.61. The standard InChI is InChI=1S/C17H20N4O3/c1-4-17(5-2)15(22)21(16(23)18-17)10-13-19-20-14(24-13)12-8-6-11(3)7-9-12/h6-9H,4-5,10H2,1-3H3,(H,18,23). The van der Waals surface area contributed by atoms with Crippen LogP contribution in [0.25, 0.3) is 11.5 Å². The van der Waals surface area contributed by atoms with E-state index in [0.29, 0.717) is 18.7 Å². The van der Waals surface area contributed by atoms with Gasteiger partial charge in [0.1, 0.15) is 12.1 Å². The Kier molecular flexibility index (Phi) is 4.09. The molecule has 0 bridgehead atoms. The first-order chi connectivity index (χ1) is 11.5. The number of aromatic nitrogens is 2. The van der Waals surface area contributed by atoms with Gasteiger partial charge in [-0.2, -0.15) is 0 Å². The second kappa shape index (κ2) is 6.07. The van der Waals surface area contributed by atoms with Crippen LogP contribution < -0.4 is 5.32 Å². The zero-order valence-corrected chi connectivity index (χ0v) is 14.0. The molecule has 1 aromatic heterocycles. The van der Waals surface area contributed by atoms with Gasteiger partial charge in [-0.15, -0.1) is 10.2 Å². The maximum absolute atomic E-state index is 12.6. The van der Waals surface area contributed by atoms with E-state index in [9.17, 15) is 9.59 Å². The zero-order chi connectivity index (χ0) is 17.3. The number of aryl methyl sites for hydroxylation is 1. The van der Waals surface area contributed by atoms with Crippen LogP contribution in [0, 0.1) is 6.92 Å². The molecule has 7 nitrogen and oxygen atoms in total. The lowest BCUT2D eigenvalue weighted by Crippen LogP contribution is -2.45. The highest BCUT2D eigenvalue weighted by molar-refractivity contribution is 6.06. The molecule has 126 valence electrons. The third kappa shape index (κ3) is 2.66. The van der Waals surface area contributed by atoms with Crippen molar-refractivity contribution in [1.29, 1.82) is 0 Å². The summed E-state index contributed by atoms with van der Waals surface area (Å²) in [5.41, 5.74) is 1.11. The van der Waals surface area contributed by atoms with Crippen molar-refractivity contribution in [3.8, 4) is 11.5 Å². The van der Waals surface area contributed by atoms with Crippen LogP contribution in [-0.4, -0.2) is 32.6 Å². The SMILES string of the molecule is CCC1(CC)NC(=O)N(Cc2nnc(-c3ccc(C)cc3)o2)C1=O. The Morgan fingerprint density at radius 2 is 1.79 bits per heavy atom. The minimum absolute atomic E-state index is 0.0225. The Hall–Kier alpha value is -2.70. The zero-order valence-electron chi connectivity index (χ0n) is 14.0. The van der Waals surface area contributed by atoms with E-state index in [1.165, 1.54) is 0 Å². The topological polar surface area (TPSA) is 88.3 Å². The highest BCUT2D eigenvalue weighted by Gasteiger charge is 2.49. The molecule has 0 radical (unpaired) electrons. The number of hydrogen-bond acceptors (Lipinski definition) is 5. The van der Waals surface area contributed by atoms with Gasteiger partial charge in [-0.05, 0) is 31.9 Å². The van der Waals surface area contributed by atoms with Gasteiger partial charge in [0.05, 0.1) is 0 Å². The average molecular weight is 328 g/mol. The van der Waals surface area contributed by atoms with Crippen LogP contribution in [0.1, 0.15) is 38.1 Å². The van der Waals surface area contributed by atoms with Gasteiger partial charge >= 0.3 is 6.03 Å². The monoisotopic (exact) mass is 328 g/mol. The number of carbonyl (C=O) groups excluding carboxylic acids is 2. The normalized spacial score (nSPS) is 16.5. The van der Waals surface area contributed by atoms with E-state index < -0.39 is 11.6 Å². The Morgan fingerprint density at radius 3 is 2.38 bits per heavy atom. The minimum Gasteiger partial charge on any atom is -0.419 e. The average Bonchev–Trinajstić information content (AvgIpc) is 3.14. The Bertz CT molecular complexity index is 762. The molecule has 0 aliphatic carbocycles. The number of urea groups is 1. The molecule has 3 amide bonds. The summed E-state index contributed by atoms with van der Waals surface area (Å²) in [6.07, 6.45) is 1.09. The van der Waals surface area contributed by atoms with Crippen LogP contribution in [0.5, 0.6) is 0 Å². The van der Waals surface area contributed by atoms with Crippen molar-refractivity contribution in [2.75, 3.05) is 0 Å². The lowest BCUT2D eigenvalue weighted by molar-refractivity contribution is -0.132. The first-order valence-electron chi connectivity index (χ1n) is 8.02. The molecule has 3 rings (SSSR count). The Morgan fingerprint density at radius 1 is 1.12 bits per heavy atom. The number of imide groups is 1. The molecular formula is C17H20N4O3. The number of rotatable bonds is 5. The lowest BCUT2D eigenvalue weighted by atomic mass is 9.93. The molecule has 0 unspecified atom stereocenters. The molecule has 24 heavy (non-hydrogen) atoms. The molecule has 0 atom stereocenters. The largest absolute Gasteiger partial charge is 0.419 e. The van der Waals surface area contributed by atoms with Crippen LogP contribution in [-0.2, 0) is 11.3 Å². The molecule has 1 aromatic carbocycles. The highest BCUT2D eigenvalue weighted by atomic mass is 16.4. The number of hydrogen-bond donors (Lipinski definition) is 1. The molecule has 1 fully saturated rings. The number of nitrogens with one attached hydrogen (secondary N) is 1. The lowest BCUT2D eigenvalue weighted by Gasteiger charge is -2.22. The third-order valence-corrected chi connectivity index (χ3v) is 4.51. The molecule has 2 aromatic rings. The second-order valence-corrected chi connectivity index (χ2v) is 5.98.